The van der Waals surface area contributed by atoms with Crippen LogP contribution in [-0.4, -0.2) is 0 Å². The quantitative estimate of drug-likeness (QED) is 0.297. The lowest BCUT2D eigenvalue weighted by Gasteiger charge is -2.13. The van der Waals surface area contributed by atoms with Crippen molar-refractivity contribution in [2.45, 2.75) is 12.8 Å². The second-order valence-corrected chi connectivity index (χ2v) is 8.38. The summed E-state index contributed by atoms with van der Waals surface area (Å²) in [6.45, 7) is 30.7. The maximum absolute atomic E-state index is 9.98. The van der Waals surface area contributed by atoms with E-state index in [-0.39, 0.29) is 46.7 Å². The van der Waals surface area contributed by atoms with Gasteiger partial charge in [0.05, 0.1) is 49.6 Å². The van der Waals surface area contributed by atoms with Crippen molar-refractivity contribution in [1.82, 2.24) is 0 Å². The van der Waals surface area contributed by atoms with Crippen molar-refractivity contribution in [3.05, 3.63) is 114 Å². The lowest BCUT2D eigenvalue weighted by molar-refractivity contribution is 1.16. The van der Waals surface area contributed by atoms with Crippen LogP contribution in [0, 0.1) is 71.6 Å². The highest BCUT2D eigenvalue weighted by Gasteiger charge is 2.34. The molecular formula is C30H8N8. The average Bonchev–Trinajstić information content (AvgIpc) is 3.52. The first-order chi connectivity index (χ1) is 18.5. The summed E-state index contributed by atoms with van der Waals surface area (Å²) in [5, 5.41) is 40.0. The molecule has 0 heterocycles. The van der Waals surface area contributed by atoms with Crippen LogP contribution in [0.25, 0.3) is 53.0 Å². The van der Waals surface area contributed by atoms with Crippen LogP contribution >= 0.6 is 0 Å². The minimum Gasteiger partial charge on any atom is -0.250 e. The average molecular weight is 480 g/mol. The second-order valence-electron chi connectivity index (χ2n) is 8.38. The first-order valence-electron chi connectivity index (χ1n) is 10.9. The van der Waals surface area contributed by atoms with Crippen LogP contribution < -0.4 is 10.4 Å². The van der Waals surface area contributed by atoms with Crippen LogP contribution in [0.1, 0.15) is 33.4 Å². The fraction of sp³-hybridized carbons (Fsp3) is 0.0667. The maximum atomic E-state index is 9.98. The smallest absolute Gasteiger partial charge is 0.250 e. The molecule has 0 unspecified atom stereocenters. The standard InChI is InChI=1S/C30H8N8/c1-35-23-8-7-17-19(30(23)38-4)10-21-26(24(13-33)36-2)20-9-18-16(6-5-15(11-31)22(18)12-32)27(20)29(28(17)21)25(14-34)37-3/h5-8H,9-10H2/b26-24-,29-25-. The molecule has 3 aromatic carbocycles. The second kappa shape index (κ2) is 8.52. The van der Waals surface area contributed by atoms with Gasteiger partial charge in [0.25, 0.3) is 11.4 Å². The molecule has 0 atom stereocenters. The molecule has 5 rings (SSSR count). The van der Waals surface area contributed by atoms with Crippen molar-refractivity contribution in [2.75, 3.05) is 0 Å². The van der Waals surface area contributed by atoms with Crippen molar-refractivity contribution >= 4 is 22.8 Å². The SMILES string of the molecule is [C-]#[N+]/C(C#N)=c1/c2c(/c(=C(\C#N)[N+]#[C-])c3c1Cc1c-3ccc([N+]#[C-])c1[N+]#[C-])-c1ccc(C#N)c(C#N)c1C2. The molecule has 0 bridgehead atoms. The Labute approximate surface area is 217 Å². The van der Waals surface area contributed by atoms with Crippen LogP contribution in [0.5, 0.6) is 0 Å². The third-order valence-electron chi connectivity index (χ3n) is 6.90. The van der Waals surface area contributed by atoms with Gasteiger partial charge in [-0.2, -0.15) is 10.5 Å². The Bertz CT molecular complexity index is 2010. The van der Waals surface area contributed by atoms with E-state index in [1.165, 1.54) is 12.1 Å². The molecule has 168 valence electrons. The summed E-state index contributed by atoms with van der Waals surface area (Å²) in [4.78, 5) is 14.0. The lowest BCUT2D eigenvalue weighted by Crippen LogP contribution is -2.25. The Morgan fingerprint density at radius 1 is 0.658 bits per heavy atom. The third kappa shape index (κ3) is 2.82. The number of nitrogens with zero attached hydrogens (tertiary/aromatic N) is 8. The van der Waals surface area contributed by atoms with E-state index in [2.05, 4.69) is 25.4 Å². The Balaban J connectivity index is 2.14. The fourth-order valence-electron chi connectivity index (χ4n) is 5.50. The van der Waals surface area contributed by atoms with Gasteiger partial charge in [-0.1, -0.05) is 18.2 Å². The third-order valence-corrected chi connectivity index (χ3v) is 6.90. The summed E-state index contributed by atoms with van der Waals surface area (Å²) < 4.78 is 0. The molecule has 3 aromatic rings. The van der Waals surface area contributed by atoms with Crippen LogP contribution in [0.2, 0.25) is 0 Å². The molecule has 0 amide bonds. The van der Waals surface area contributed by atoms with Crippen molar-refractivity contribution < 1.29 is 0 Å². The summed E-state index contributed by atoms with van der Waals surface area (Å²) in [7, 11) is 0. The zero-order valence-electron chi connectivity index (χ0n) is 19.3. The van der Waals surface area contributed by atoms with Crippen molar-refractivity contribution in [2.24, 2.45) is 0 Å². The largest absolute Gasteiger partial charge is 0.270 e. The van der Waals surface area contributed by atoms with E-state index >= 15 is 0 Å². The van der Waals surface area contributed by atoms with Gasteiger partial charge in [0.1, 0.15) is 12.1 Å². The van der Waals surface area contributed by atoms with Gasteiger partial charge >= 0.3 is 0 Å². The first-order valence-corrected chi connectivity index (χ1v) is 10.9. The van der Waals surface area contributed by atoms with Gasteiger partial charge in [-0.25, -0.2) is 25.1 Å². The van der Waals surface area contributed by atoms with Crippen molar-refractivity contribution in [3.8, 4) is 46.5 Å². The van der Waals surface area contributed by atoms with E-state index in [1.807, 2.05) is 18.2 Å². The molecule has 0 saturated heterocycles. The minimum atomic E-state index is -0.215. The molecule has 0 saturated carbocycles. The zero-order valence-corrected chi connectivity index (χ0v) is 19.3. The Morgan fingerprint density at radius 3 is 1.76 bits per heavy atom. The van der Waals surface area contributed by atoms with E-state index in [4.69, 9.17) is 26.3 Å². The molecule has 2 aliphatic rings. The molecule has 0 N–H and O–H groups in total. The van der Waals surface area contributed by atoms with Gasteiger partial charge < -0.3 is 0 Å². The van der Waals surface area contributed by atoms with Crippen LogP contribution in [0.4, 0.5) is 11.4 Å². The highest BCUT2D eigenvalue weighted by atomic mass is 14.8. The van der Waals surface area contributed by atoms with E-state index in [0.717, 1.165) is 0 Å². The van der Waals surface area contributed by atoms with Crippen molar-refractivity contribution in [3.63, 3.8) is 0 Å². The van der Waals surface area contributed by atoms with E-state index in [1.54, 1.807) is 12.1 Å². The van der Waals surface area contributed by atoms with Gasteiger partial charge in [-0.3, -0.25) is 4.85 Å². The molecule has 0 aliphatic heterocycles. The van der Waals surface area contributed by atoms with Gasteiger partial charge in [-0.05, 0) is 68.6 Å². The molecule has 2 aliphatic carbocycles. The summed E-state index contributed by atoms with van der Waals surface area (Å²) in [6.07, 6.45) is 0.249. The van der Waals surface area contributed by atoms with Gasteiger partial charge in [0, 0.05) is 5.22 Å². The zero-order chi connectivity index (χ0) is 27.1. The molecule has 0 fully saturated rings. The Kier molecular flexibility index (Phi) is 5.17. The van der Waals surface area contributed by atoms with Crippen molar-refractivity contribution in [1.29, 1.82) is 21.0 Å². The first kappa shape index (κ1) is 23.1. The molecule has 38 heavy (non-hydrogen) atoms. The fourth-order valence-corrected chi connectivity index (χ4v) is 5.50. The number of benzene rings is 3. The van der Waals surface area contributed by atoms with Gasteiger partial charge in [0.15, 0.2) is 11.4 Å². The number of hydrogen-bond acceptors (Lipinski definition) is 4. The normalized spacial score (nSPS) is 12.6. The topological polar surface area (TPSA) is 113 Å². The van der Waals surface area contributed by atoms with Crippen LogP contribution in [-0.2, 0) is 12.8 Å². The predicted molar refractivity (Wildman–Crippen MR) is 135 cm³/mol. The molecule has 0 aromatic heterocycles. The molecule has 0 radical (unpaired) electrons. The number of hydrogen-bond donors (Lipinski definition) is 0. The Morgan fingerprint density at radius 2 is 1.24 bits per heavy atom. The van der Waals surface area contributed by atoms with E-state index < -0.39 is 0 Å². The molecule has 0 spiro atoms. The minimum absolute atomic E-state index is 0.120. The summed E-state index contributed by atoms with van der Waals surface area (Å²) in [5.74, 6) is 0. The molecular weight excluding hydrogens is 472 g/mol. The number of rotatable bonds is 0. The Hall–Kier alpha value is -6.68. The predicted octanol–water partition coefficient (Wildman–Crippen LogP) is 4.78. The summed E-state index contributed by atoms with van der Waals surface area (Å²) in [6, 6.07) is 14.4. The maximum Gasteiger partial charge on any atom is 0.270 e. The highest BCUT2D eigenvalue weighted by molar-refractivity contribution is 5.97. The number of nitriles is 4. The van der Waals surface area contributed by atoms with Crippen LogP contribution in [0.15, 0.2) is 24.3 Å². The van der Waals surface area contributed by atoms with Gasteiger partial charge in [-0.15, -0.1) is 0 Å². The van der Waals surface area contributed by atoms with Crippen LogP contribution in [0.3, 0.4) is 0 Å². The molecule has 8 heteroatoms. The summed E-state index contributed by atoms with van der Waals surface area (Å²) >= 11 is 0. The summed E-state index contributed by atoms with van der Waals surface area (Å²) in [5.41, 5.74) is 4.40. The monoisotopic (exact) mass is 480 g/mol. The van der Waals surface area contributed by atoms with Gasteiger partial charge in [0.2, 0.25) is 0 Å². The van der Waals surface area contributed by atoms with E-state index in [9.17, 15) is 21.0 Å². The van der Waals surface area contributed by atoms with E-state index in [0.29, 0.717) is 54.9 Å². The number of fused-ring (bicyclic) bond motifs is 6. The lowest BCUT2D eigenvalue weighted by atomic mass is 9.90. The highest BCUT2D eigenvalue weighted by Crippen LogP contribution is 2.46. The molecule has 8 nitrogen and oxygen atoms in total.